The standard InChI is InChI=1S/C20H23N3O2/c1-15-5-7-16(8-6-15)13-19(24)22-9-11-23(12-10-22)20(25)17-3-2-4-18(21)14-17/h2-8,14H,9-13,21H2,1H3. The highest BCUT2D eigenvalue weighted by Crippen LogP contribution is 2.13. The van der Waals surface area contributed by atoms with Crippen LogP contribution in [0.3, 0.4) is 0 Å². The number of nitrogens with two attached hydrogens (primary N) is 1. The molecule has 1 fully saturated rings. The van der Waals surface area contributed by atoms with E-state index in [2.05, 4.69) is 0 Å². The summed E-state index contributed by atoms with van der Waals surface area (Å²) in [6, 6.07) is 15.0. The summed E-state index contributed by atoms with van der Waals surface area (Å²) >= 11 is 0. The molecule has 0 atom stereocenters. The lowest BCUT2D eigenvalue weighted by Gasteiger charge is -2.35. The Labute approximate surface area is 148 Å². The van der Waals surface area contributed by atoms with Crippen LogP contribution in [0.4, 0.5) is 5.69 Å². The molecule has 0 radical (unpaired) electrons. The molecule has 0 spiro atoms. The van der Waals surface area contributed by atoms with E-state index < -0.39 is 0 Å². The third-order valence-electron chi connectivity index (χ3n) is 4.53. The molecule has 0 bridgehead atoms. The summed E-state index contributed by atoms with van der Waals surface area (Å²) in [7, 11) is 0. The van der Waals surface area contributed by atoms with Crippen molar-refractivity contribution in [1.82, 2.24) is 9.80 Å². The first-order chi connectivity index (χ1) is 12.0. The maximum Gasteiger partial charge on any atom is 0.254 e. The SMILES string of the molecule is Cc1ccc(CC(=O)N2CCN(C(=O)c3cccc(N)c3)CC2)cc1. The third-order valence-corrected chi connectivity index (χ3v) is 4.53. The summed E-state index contributed by atoms with van der Waals surface area (Å²) in [6.45, 7) is 4.26. The van der Waals surface area contributed by atoms with Crippen LogP contribution >= 0.6 is 0 Å². The number of carbonyl (C=O) groups excluding carboxylic acids is 2. The maximum atomic E-state index is 12.5. The second-order valence-electron chi connectivity index (χ2n) is 6.46. The molecule has 1 aliphatic rings. The molecular weight excluding hydrogens is 314 g/mol. The van der Waals surface area contributed by atoms with E-state index in [-0.39, 0.29) is 11.8 Å². The van der Waals surface area contributed by atoms with Gasteiger partial charge in [-0.2, -0.15) is 0 Å². The Hall–Kier alpha value is -2.82. The normalized spacial score (nSPS) is 14.4. The fourth-order valence-electron chi connectivity index (χ4n) is 3.01. The molecule has 5 heteroatoms. The Kier molecular flexibility index (Phi) is 5.03. The Morgan fingerprint density at radius 3 is 2.24 bits per heavy atom. The van der Waals surface area contributed by atoms with Crippen molar-refractivity contribution in [1.29, 1.82) is 0 Å². The number of nitrogen functional groups attached to an aromatic ring is 1. The number of hydrogen-bond acceptors (Lipinski definition) is 3. The van der Waals surface area contributed by atoms with E-state index in [1.807, 2.05) is 36.1 Å². The van der Waals surface area contributed by atoms with Crippen molar-refractivity contribution >= 4 is 17.5 Å². The Balaban J connectivity index is 1.55. The van der Waals surface area contributed by atoms with E-state index >= 15 is 0 Å². The van der Waals surface area contributed by atoms with Gasteiger partial charge in [0, 0.05) is 37.4 Å². The lowest BCUT2D eigenvalue weighted by molar-refractivity contribution is -0.131. The Morgan fingerprint density at radius 2 is 1.60 bits per heavy atom. The zero-order chi connectivity index (χ0) is 17.8. The van der Waals surface area contributed by atoms with Crippen molar-refractivity contribution in [2.75, 3.05) is 31.9 Å². The van der Waals surface area contributed by atoms with Gasteiger partial charge in [-0.1, -0.05) is 35.9 Å². The second kappa shape index (κ2) is 7.38. The molecule has 2 aromatic carbocycles. The molecule has 0 unspecified atom stereocenters. The van der Waals surface area contributed by atoms with Crippen LogP contribution in [0.2, 0.25) is 0 Å². The van der Waals surface area contributed by atoms with E-state index in [1.54, 1.807) is 29.2 Å². The van der Waals surface area contributed by atoms with E-state index in [9.17, 15) is 9.59 Å². The summed E-state index contributed by atoms with van der Waals surface area (Å²) in [5.41, 5.74) is 9.13. The van der Waals surface area contributed by atoms with Gasteiger partial charge in [0.25, 0.3) is 5.91 Å². The molecule has 0 saturated carbocycles. The number of piperazine rings is 1. The average molecular weight is 337 g/mol. The second-order valence-corrected chi connectivity index (χ2v) is 6.46. The number of nitrogens with zero attached hydrogens (tertiary/aromatic N) is 2. The van der Waals surface area contributed by atoms with Crippen LogP contribution < -0.4 is 5.73 Å². The van der Waals surface area contributed by atoms with Gasteiger partial charge in [-0.15, -0.1) is 0 Å². The quantitative estimate of drug-likeness (QED) is 0.872. The van der Waals surface area contributed by atoms with Gasteiger partial charge >= 0.3 is 0 Å². The number of benzene rings is 2. The fraction of sp³-hybridized carbons (Fsp3) is 0.300. The highest BCUT2D eigenvalue weighted by Gasteiger charge is 2.24. The van der Waals surface area contributed by atoms with E-state index in [0.717, 1.165) is 5.56 Å². The number of hydrogen-bond donors (Lipinski definition) is 1. The number of aryl methyl sites for hydroxylation is 1. The van der Waals surface area contributed by atoms with Gasteiger partial charge in [0.2, 0.25) is 5.91 Å². The van der Waals surface area contributed by atoms with Gasteiger partial charge < -0.3 is 15.5 Å². The Bertz CT molecular complexity index is 763. The highest BCUT2D eigenvalue weighted by molar-refractivity contribution is 5.95. The van der Waals surface area contributed by atoms with Crippen LogP contribution in [-0.4, -0.2) is 47.8 Å². The molecule has 1 heterocycles. The van der Waals surface area contributed by atoms with Crippen molar-refractivity contribution in [2.24, 2.45) is 0 Å². The van der Waals surface area contributed by atoms with Crippen LogP contribution in [0.15, 0.2) is 48.5 Å². The molecule has 1 saturated heterocycles. The summed E-state index contributed by atoms with van der Waals surface area (Å²) in [5, 5.41) is 0. The van der Waals surface area contributed by atoms with Crippen molar-refractivity contribution in [3.63, 3.8) is 0 Å². The average Bonchev–Trinajstić information content (AvgIpc) is 2.63. The van der Waals surface area contributed by atoms with Crippen LogP contribution in [0.5, 0.6) is 0 Å². The largest absolute Gasteiger partial charge is 0.399 e. The topological polar surface area (TPSA) is 66.6 Å². The first-order valence-electron chi connectivity index (χ1n) is 8.51. The van der Waals surface area contributed by atoms with Gasteiger partial charge in [0.15, 0.2) is 0 Å². The van der Waals surface area contributed by atoms with E-state index in [4.69, 9.17) is 5.73 Å². The highest BCUT2D eigenvalue weighted by atomic mass is 16.2. The van der Waals surface area contributed by atoms with Gasteiger partial charge in [-0.05, 0) is 30.7 Å². The predicted octanol–water partition coefficient (Wildman–Crippen LogP) is 2.10. The molecule has 3 rings (SSSR count). The van der Waals surface area contributed by atoms with Crippen LogP contribution in [-0.2, 0) is 11.2 Å². The minimum Gasteiger partial charge on any atom is -0.399 e. The van der Waals surface area contributed by atoms with Crippen molar-refractivity contribution in [3.8, 4) is 0 Å². The monoisotopic (exact) mass is 337 g/mol. The minimum atomic E-state index is -0.0297. The van der Waals surface area contributed by atoms with Gasteiger partial charge in [0.05, 0.1) is 6.42 Å². The first kappa shape index (κ1) is 17.0. The summed E-state index contributed by atoms with van der Waals surface area (Å²) in [6.07, 6.45) is 0.406. The fourth-order valence-corrected chi connectivity index (χ4v) is 3.01. The lowest BCUT2D eigenvalue weighted by atomic mass is 10.1. The molecule has 1 aliphatic heterocycles. The van der Waals surface area contributed by atoms with Gasteiger partial charge in [0.1, 0.15) is 0 Å². The van der Waals surface area contributed by atoms with Crippen molar-refractivity contribution in [2.45, 2.75) is 13.3 Å². The molecule has 2 N–H and O–H groups in total. The zero-order valence-electron chi connectivity index (χ0n) is 14.4. The zero-order valence-corrected chi connectivity index (χ0v) is 14.4. The molecule has 0 aliphatic carbocycles. The molecule has 0 aromatic heterocycles. The van der Waals surface area contributed by atoms with Crippen molar-refractivity contribution in [3.05, 3.63) is 65.2 Å². The lowest BCUT2D eigenvalue weighted by Crippen LogP contribution is -2.51. The molecule has 2 amide bonds. The molecule has 130 valence electrons. The number of amides is 2. The van der Waals surface area contributed by atoms with Gasteiger partial charge in [-0.25, -0.2) is 0 Å². The molecule has 2 aromatic rings. The van der Waals surface area contributed by atoms with Gasteiger partial charge in [-0.3, -0.25) is 9.59 Å². The smallest absolute Gasteiger partial charge is 0.254 e. The Morgan fingerprint density at radius 1 is 0.960 bits per heavy atom. The summed E-state index contributed by atoms with van der Waals surface area (Å²) in [4.78, 5) is 28.6. The van der Waals surface area contributed by atoms with Crippen LogP contribution in [0, 0.1) is 6.92 Å². The third kappa shape index (κ3) is 4.18. The minimum absolute atomic E-state index is 0.0297. The van der Waals surface area contributed by atoms with Crippen molar-refractivity contribution < 1.29 is 9.59 Å². The number of rotatable bonds is 3. The van der Waals surface area contributed by atoms with E-state index in [0.29, 0.717) is 43.9 Å². The predicted molar refractivity (Wildman–Crippen MR) is 98.2 cm³/mol. The molecular formula is C20H23N3O2. The van der Waals surface area contributed by atoms with Crippen LogP contribution in [0.25, 0.3) is 0 Å². The molecule has 25 heavy (non-hydrogen) atoms. The number of carbonyl (C=O) groups is 2. The summed E-state index contributed by atoms with van der Waals surface area (Å²) in [5.74, 6) is 0.0813. The first-order valence-corrected chi connectivity index (χ1v) is 8.51. The summed E-state index contributed by atoms with van der Waals surface area (Å²) < 4.78 is 0. The number of anilines is 1. The maximum absolute atomic E-state index is 12.5. The molecule has 5 nitrogen and oxygen atoms in total. The van der Waals surface area contributed by atoms with E-state index in [1.165, 1.54) is 5.56 Å². The van der Waals surface area contributed by atoms with Crippen LogP contribution in [0.1, 0.15) is 21.5 Å².